The quantitative estimate of drug-likeness (QED) is 0.0416. The minimum atomic E-state index is -5.29. The first-order valence-electron chi connectivity index (χ1n) is 20.5. The first-order valence-corrected chi connectivity index (χ1v) is 25.2. The number of phenolic OH excluding ortho intramolecular Hbond substituents is 5. The predicted molar refractivity (Wildman–Crippen MR) is 254 cm³/mol. The van der Waals surface area contributed by atoms with Crippen molar-refractivity contribution in [1.82, 2.24) is 0 Å². The van der Waals surface area contributed by atoms with Crippen molar-refractivity contribution in [3.8, 4) is 51.2 Å². The highest BCUT2D eigenvalue weighted by atomic mass is 32.2. The van der Waals surface area contributed by atoms with E-state index >= 15 is 0 Å². The van der Waals surface area contributed by atoms with Crippen molar-refractivity contribution >= 4 is 70.0 Å². The van der Waals surface area contributed by atoms with Crippen molar-refractivity contribution in [2.75, 3.05) is 10.6 Å². The third kappa shape index (κ3) is 9.43. The highest BCUT2D eigenvalue weighted by molar-refractivity contribution is 7.86. The van der Waals surface area contributed by atoms with Crippen LogP contribution in [0.1, 0.15) is 44.5 Å². The summed E-state index contributed by atoms with van der Waals surface area (Å²) in [5.74, 6) is -2.24. The summed E-state index contributed by atoms with van der Waals surface area (Å²) in [6.45, 7) is 0. The molecular weight excluding hydrogens is 989 g/mol. The Labute approximate surface area is 403 Å². The standard InChI is InChI=1S/C48H36N2O16S4/c51-34-5-7-39-41(21-34)66-42-22-35(52)6-8-40(42)43(39)23-1-3-32(4-2-23)49-48(67)50-33-13-24-9-26-15-36(68(57,58)59)17-28(45(26)54)11-30-19-38(70(63,64)65)20-31(47(30)56)12-29-18-37(69(60,61)62)16-27(46(29)55)10-25(14-33)44(24)53/h1-8,13-22,51,53-56H,9-12H2,(H2,49,50,67)(H,57,58,59)(H,60,61,62)(H,63,64,65)/p-3. The lowest BCUT2D eigenvalue weighted by Gasteiger charge is -2.21. The fourth-order valence-corrected chi connectivity index (χ4v) is 10.5. The van der Waals surface area contributed by atoms with Gasteiger partial charge < -0.3 is 54.2 Å². The smallest absolute Gasteiger partial charge is 0.182 e. The van der Waals surface area contributed by atoms with Crippen LogP contribution in [0.4, 0.5) is 11.4 Å². The van der Waals surface area contributed by atoms with Gasteiger partial charge in [0.2, 0.25) is 0 Å². The maximum atomic E-state index is 12.5. The molecule has 70 heavy (non-hydrogen) atoms. The van der Waals surface area contributed by atoms with E-state index in [-0.39, 0.29) is 66.5 Å². The van der Waals surface area contributed by atoms with Crippen LogP contribution in [0, 0.1) is 0 Å². The van der Waals surface area contributed by atoms with Gasteiger partial charge in [0.25, 0.3) is 0 Å². The van der Waals surface area contributed by atoms with Crippen LogP contribution in [0.25, 0.3) is 33.4 Å². The van der Waals surface area contributed by atoms with Crippen molar-refractivity contribution in [1.29, 1.82) is 0 Å². The first-order chi connectivity index (χ1) is 32.9. The zero-order valence-corrected chi connectivity index (χ0v) is 38.8. The normalized spacial score (nSPS) is 13.0. The summed E-state index contributed by atoms with van der Waals surface area (Å²) in [5, 5.41) is 63.4. The van der Waals surface area contributed by atoms with E-state index < -0.39 is 93.7 Å². The van der Waals surface area contributed by atoms with E-state index in [1.165, 1.54) is 36.4 Å². The Bertz CT molecular complexity index is 3780. The number of fused-ring (bicyclic) bond motifs is 10. The zero-order chi connectivity index (χ0) is 50.2. The Balaban J connectivity index is 1.13. The van der Waals surface area contributed by atoms with Gasteiger partial charge in [-0.1, -0.05) is 12.1 Å². The van der Waals surface area contributed by atoms with Gasteiger partial charge in [-0.25, -0.2) is 25.3 Å². The Kier molecular flexibility index (Phi) is 11.8. The van der Waals surface area contributed by atoms with Crippen molar-refractivity contribution in [2.24, 2.45) is 0 Å². The van der Waals surface area contributed by atoms with Crippen LogP contribution in [0.5, 0.6) is 28.7 Å². The molecule has 0 saturated heterocycles. The van der Waals surface area contributed by atoms with Gasteiger partial charge in [-0.2, -0.15) is 0 Å². The number of thiocarbonyl (C=S) groups is 1. The summed E-state index contributed by atoms with van der Waals surface area (Å²) in [6.07, 6.45) is -2.44. The molecule has 0 amide bonds. The Morgan fingerprint density at radius 3 is 1.31 bits per heavy atom. The lowest BCUT2D eigenvalue weighted by Crippen LogP contribution is -2.19. The molecule has 1 aliphatic heterocycles. The topological polar surface area (TPSA) is 327 Å². The molecule has 0 spiro atoms. The highest BCUT2D eigenvalue weighted by Gasteiger charge is 2.25. The van der Waals surface area contributed by atoms with Crippen molar-refractivity contribution in [3.05, 3.63) is 164 Å². The largest absolute Gasteiger partial charge is 0.744 e. The number of nitrogens with one attached hydrogen (secondary N) is 2. The number of anilines is 2. The molecule has 22 heteroatoms. The molecule has 0 unspecified atom stereocenters. The molecule has 6 aromatic rings. The van der Waals surface area contributed by atoms with E-state index in [0.29, 0.717) is 39.1 Å². The average molecular weight is 1020 g/mol. The summed E-state index contributed by atoms with van der Waals surface area (Å²) in [6, 6.07) is 23.5. The van der Waals surface area contributed by atoms with Gasteiger partial charge in [0.1, 0.15) is 70.4 Å². The minimum Gasteiger partial charge on any atom is -0.744 e. The number of hydrogen-bond donors (Lipinski definition) is 7. The van der Waals surface area contributed by atoms with Gasteiger partial charge >= 0.3 is 0 Å². The zero-order valence-electron chi connectivity index (χ0n) is 35.6. The van der Waals surface area contributed by atoms with Crippen molar-refractivity contribution < 1.29 is 68.9 Å². The first kappa shape index (κ1) is 47.5. The van der Waals surface area contributed by atoms with E-state index in [1.54, 1.807) is 36.4 Å². The second kappa shape index (κ2) is 17.4. The van der Waals surface area contributed by atoms with Gasteiger partial charge in [0, 0.05) is 76.8 Å². The molecule has 6 aromatic carbocycles. The summed E-state index contributed by atoms with van der Waals surface area (Å²) in [5.41, 5.74) is 0.712. The van der Waals surface area contributed by atoms with E-state index in [1.807, 2.05) is 0 Å². The molecule has 1 heterocycles. The number of hydrogen-bond acceptors (Lipinski definition) is 17. The van der Waals surface area contributed by atoms with E-state index in [0.717, 1.165) is 36.4 Å². The summed E-state index contributed by atoms with van der Waals surface area (Å²) in [7, 11) is -15.8. The third-order valence-electron chi connectivity index (χ3n) is 11.7. The molecule has 0 atom stereocenters. The van der Waals surface area contributed by atoms with E-state index in [9.17, 15) is 69.2 Å². The maximum absolute atomic E-state index is 12.5. The second-order valence-corrected chi connectivity index (χ2v) is 21.0. The molecule has 9 rings (SSSR count). The Hall–Kier alpha value is -7.57. The van der Waals surface area contributed by atoms with Crippen molar-refractivity contribution in [2.45, 2.75) is 40.4 Å². The van der Waals surface area contributed by atoms with Crippen LogP contribution < -0.4 is 16.1 Å². The average Bonchev–Trinajstić information content (AvgIpc) is 3.26. The molecule has 0 saturated carbocycles. The maximum Gasteiger partial charge on any atom is 0.182 e. The number of benzene rings is 7. The monoisotopic (exact) mass is 1020 g/mol. The SMILES string of the molecule is O=c1ccc2c(-c3ccc(NC(=S)Nc4cc5c(O)c(c4)Cc4cc(S(=O)(=O)[O-])cc(c4O)Cc4cc(S(=O)(=O)[O-])cc(c4O)Cc4cc(S(=O)(=O)[O-])cc(c4O)C5)cc3)c3ccc(O)cc3oc-2c1. The molecule has 7 N–H and O–H groups in total. The molecule has 8 bridgehead atoms. The minimum absolute atomic E-state index is 0.0140. The van der Waals surface area contributed by atoms with Gasteiger partial charge in [-0.3, -0.25) is 4.79 Å². The fraction of sp³-hybridized carbons (Fsp3) is 0.0833. The van der Waals surface area contributed by atoms with Crippen LogP contribution in [0.3, 0.4) is 0 Å². The van der Waals surface area contributed by atoms with Crippen LogP contribution in [0.15, 0.2) is 133 Å². The molecule has 0 fully saturated rings. The number of aromatic hydroxyl groups is 5. The summed E-state index contributed by atoms with van der Waals surface area (Å²) in [4.78, 5) is 9.62. The Morgan fingerprint density at radius 2 is 0.900 bits per heavy atom. The highest BCUT2D eigenvalue weighted by Crippen LogP contribution is 2.43. The molecule has 18 nitrogen and oxygen atoms in total. The van der Waals surface area contributed by atoms with Crippen molar-refractivity contribution in [3.63, 3.8) is 0 Å². The molecule has 358 valence electrons. The van der Waals surface area contributed by atoms with Gasteiger partial charge in [0.15, 0.2) is 10.5 Å². The molecule has 0 radical (unpaired) electrons. The lowest BCUT2D eigenvalue weighted by atomic mass is 9.91. The van der Waals surface area contributed by atoms with Crippen LogP contribution >= 0.6 is 12.2 Å². The number of phenols is 5. The van der Waals surface area contributed by atoms with Gasteiger partial charge in [-0.05, 0) is 136 Å². The fourth-order valence-electron chi connectivity index (χ4n) is 8.53. The Morgan fingerprint density at radius 1 is 0.500 bits per heavy atom. The second-order valence-electron chi connectivity index (χ2n) is 16.5. The van der Waals surface area contributed by atoms with Crippen LogP contribution in [-0.4, -0.2) is 69.6 Å². The van der Waals surface area contributed by atoms with Gasteiger partial charge in [0.05, 0.1) is 14.7 Å². The third-order valence-corrected chi connectivity index (χ3v) is 14.4. The van der Waals surface area contributed by atoms with Crippen LogP contribution in [0.2, 0.25) is 0 Å². The molecule has 2 aliphatic carbocycles. The molecule has 3 aliphatic rings. The van der Waals surface area contributed by atoms with Gasteiger partial charge in [-0.15, -0.1) is 0 Å². The van der Waals surface area contributed by atoms with Crippen LogP contribution in [-0.2, 0) is 56.0 Å². The lowest BCUT2D eigenvalue weighted by molar-refractivity contribution is 0.448. The van der Waals surface area contributed by atoms with E-state index in [4.69, 9.17) is 16.6 Å². The van der Waals surface area contributed by atoms with E-state index in [2.05, 4.69) is 10.6 Å². The number of rotatable bonds is 6. The molecule has 0 aromatic heterocycles. The predicted octanol–water partition coefficient (Wildman–Crippen LogP) is 6.29. The summed E-state index contributed by atoms with van der Waals surface area (Å²) >= 11 is 5.67. The summed E-state index contributed by atoms with van der Waals surface area (Å²) < 4.78 is 118. The molecular formula is C48H33N2O16S4-3.